The third-order valence-corrected chi connectivity index (χ3v) is 8.52. The summed E-state index contributed by atoms with van der Waals surface area (Å²) in [6.45, 7) is 3.70. The van der Waals surface area contributed by atoms with Crippen LogP contribution in [0.25, 0.3) is 4.96 Å². The topological polar surface area (TPSA) is 56.9 Å². The first-order chi connectivity index (χ1) is 16.8. The summed E-state index contributed by atoms with van der Waals surface area (Å²) in [4.78, 5) is 12.2. The van der Waals surface area contributed by atoms with Gasteiger partial charge in [0, 0.05) is 31.1 Å². The van der Waals surface area contributed by atoms with Gasteiger partial charge in [-0.05, 0) is 22.6 Å². The molecule has 1 N–H and O–H groups in total. The lowest BCUT2D eigenvalue weighted by Gasteiger charge is -2.42. The maximum absolute atomic E-state index is 11.0. The average molecular weight is 488 g/mol. The number of aromatic hydroxyl groups is 1. The summed E-state index contributed by atoms with van der Waals surface area (Å²) in [5.41, 5.74) is 2.64. The van der Waals surface area contributed by atoms with E-state index in [4.69, 9.17) is 0 Å². The second kappa shape index (κ2) is 9.31. The van der Waals surface area contributed by atoms with E-state index in [1.165, 1.54) is 38.2 Å². The van der Waals surface area contributed by atoms with Gasteiger partial charge in [0.25, 0.3) is 0 Å². The average Bonchev–Trinajstić information content (AvgIpc) is 3.63. The fourth-order valence-corrected chi connectivity index (χ4v) is 6.96. The van der Waals surface area contributed by atoms with Crippen LogP contribution in [0.3, 0.4) is 0 Å². The number of nitrogens with zero attached hydrogens (tertiary/aromatic N) is 5. The van der Waals surface area contributed by atoms with E-state index in [0.717, 1.165) is 36.0 Å². The summed E-state index contributed by atoms with van der Waals surface area (Å²) in [7, 11) is 0. The SMILES string of the molecule is Oc1c(C(c2cccs2)N2CCN(C(c3ccccc3)c3ccccc3)CC2)sc2ncnn12. The predicted molar refractivity (Wildman–Crippen MR) is 137 cm³/mol. The van der Waals surface area contributed by atoms with Crippen molar-refractivity contribution in [2.45, 2.75) is 12.1 Å². The van der Waals surface area contributed by atoms with Gasteiger partial charge in [0.05, 0.1) is 17.0 Å². The van der Waals surface area contributed by atoms with Crippen LogP contribution in [-0.2, 0) is 0 Å². The molecule has 0 bridgehead atoms. The number of benzene rings is 2. The van der Waals surface area contributed by atoms with Gasteiger partial charge in [-0.3, -0.25) is 9.80 Å². The van der Waals surface area contributed by atoms with Crippen molar-refractivity contribution in [2.75, 3.05) is 26.2 Å². The Morgan fingerprint density at radius 2 is 1.38 bits per heavy atom. The fourth-order valence-electron chi connectivity index (χ4n) is 4.93. The number of hydrogen-bond donors (Lipinski definition) is 1. The Labute approximate surface area is 206 Å². The molecular weight excluding hydrogens is 462 g/mol. The lowest BCUT2D eigenvalue weighted by Crippen LogP contribution is -2.48. The van der Waals surface area contributed by atoms with Crippen LogP contribution < -0.4 is 0 Å². The number of piperazine rings is 1. The van der Waals surface area contributed by atoms with Crippen molar-refractivity contribution in [1.29, 1.82) is 0 Å². The minimum Gasteiger partial charge on any atom is -0.492 e. The van der Waals surface area contributed by atoms with E-state index >= 15 is 0 Å². The van der Waals surface area contributed by atoms with Crippen LogP contribution in [0, 0.1) is 0 Å². The molecule has 8 heteroatoms. The highest BCUT2D eigenvalue weighted by atomic mass is 32.1. The first kappa shape index (κ1) is 21.5. The van der Waals surface area contributed by atoms with Crippen LogP contribution >= 0.6 is 22.7 Å². The van der Waals surface area contributed by atoms with Crippen LogP contribution in [0.1, 0.15) is 33.0 Å². The van der Waals surface area contributed by atoms with Gasteiger partial charge in [0.1, 0.15) is 6.33 Å². The Balaban J connectivity index is 1.29. The van der Waals surface area contributed by atoms with Crippen molar-refractivity contribution in [3.05, 3.63) is 105 Å². The summed E-state index contributed by atoms with van der Waals surface area (Å²) in [6, 6.07) is 26.0. The Hall–Kier alpha value is -3.04. The van der Waals surface area contributed by atoms with E-state index in [2.05, 4.69) is 98.1 Å². The molecule has 1 atom stereocenters. The molecule has 2 aromatic carbocycles. The number of thiazole rings is 1. The molecule has 0 spiro atoms. The first-order valence-corrected chi connectivity index (χ1v) is 13.1. The lowest BCUT2D eigenvalue weighted by molar-refractivity contribution is 0.0908. The van der Waals surface area contributed by atoms with E-state index in [0.29, 0.717) is 0 Å². The Morgan fingerprint density at radius 1 is 0.765 bits per heavy atom. The minimum absolute atomic E-state index is 0.00236. The maximum atomic E-state index is 11.0. The van der Waals surface area contributed by atoms with Crippen molar-refractivity contribution in [3.8, 4) is 5.88 Å². The third kappa shape index (κ3) is 3.92. The second-order valence-electron chi connectivity index (χ2n) is 8.46. The Kier molecular flexibility index (Phi) is 5.88. The van der Waals surface area contributed by atoms with Gasteiger partial charge in [-0.15, -0.1) is 11.3 Å². The van der Waals surface area contributed by atoms with E-state index in [1.807, 2.05) is 0 Å². The van der Waals surface area contributed by atoms with Crippen molar-refractivity contribution >= 4 is 27.6 Å². The lowest BCUT2D eigenvalue weighted by atomic mass is 9.96. The number of hydrogen-bond acceptors (Lipinski definition) is 7. The molecule has 3 aromatic heterocycles. The highest BCUT2D eigenvalue weighted by molar-refractivity contribution is 7.17. The summed E-state index contributed by atoms with van der Waals surface area (Å²) < 4.78 is 1.54. The van der Waals surface area contributed by atoms with Gasteiger partial charge < -0.3 is 5.11 Å². The summed E-state index contributed by atoms with van der Waals surface area (Å²) in [6.07, 6.45) is 1.49. The van der Waals surface area contributed by atoms with Crippen molar-refractivity contribution in [1.82, 2.24) is 24.4 Å². The molecule has 6 nitrogen and oxygen atoms in total. The zero-order valence-electron chi connectivity index (χ0n) is 18.6. The minimum atomic E-state index is 0.00236. The molecule has 1 saturated heterocycles. The number of aromatic nitrogens is 3. The van der Waals surface area contributed by atoms with Gasteiger partial charge in [0.15, 0.2) is 0 Å². The molecule has 6 rings (SSSR count). The van der Waals surface area contributed by atoms with E-state index in [9.17, 15) is 5.11 Å². The molecule has 4 heterocycles. The van der Waals surface area contributed by atoms with Gasteiger partial charge >= 0.3 is 0 Å². The van der Waals surface area contributed by atoms with Crippen molar-refractivity contribution in [3.63, 3.8) is 0 Å². The van der Waals surface area contributed by atoms with E-state index < -0.39 is 0 Å². The highest BCUT2D eigenvalue weighted by Crippen LogP contribution is 2.42. The summed E-state index contributed by atoms with van der Waals surface area (Å²) >= 11 is 3.25. The molecule has 0 radical (unpaired) electrons. The van der Waals surface area contributed by atoms with Crippen LogP contribution in [-0.4, -0.2) is 55.7 Å². The molecule has 1 fully saturated rings. The molecule has 1 aliphatic rings. The molecule has 172 valence electrons. The molecule has 0 amide bonds. The smallest absolute Gasteiger partial charge is 0.230 e. The summed E-state index contributed by atoms with van der Waals surface area (Å²) in [5.74, 6) is 0.199. The molecule has 0 aliphatic carbocycles. The molecular formula is C26H25N5OS2. The highest BCUT2D eigenvalue weighted by Gasteiger charge is 2.34. The third-order valence-electron chi connectivity index (χ3n) is 6.51. The van der Waals surface area contributed by atoms with Gasteiger partial charge in [-0.2, -0.15) is 9.61 Å². The normalized spacial score (nSPS) is 16.4. The number of rotatable bonds is 6. The standard InChI is InChI=1S/C26H25N5OS2/c32-25-24(34-26-27-18-28-31(25)26)23(21-12-7-17-33-21)30-15-13-29(14-16-30)22(19-8-3-1-4-9-19)20-10-5-2-6-11-20/h1-12,17-18,22-23,32H,13-16H2. The molecule has 1 unspecified atom stereocenters. The van der Waals surface area contributed by atoms with Crippen LogP contribution in [0.5, 0.6) is 5.88 Å². The quantitative estimate of drug-likeness (QED) is 0.363. The zero-order valence-corrected chi connectivity index (χ0v) is 20.2. The first-order valence-electron chi connectivity index (χ1n) is 11.4. The fraction of sp³-hybridized carbons (Fsp3) is 0.231. The Bertz CT molecular complexity index is 1300. The van der Waals surface area contributed by atoms with Crippen molar-refractivity contribution in [2.24, 2.45) is 0 Å². The zero-order chi connectivity index (χ0) is 22.9. The van der Waals surface area contributed by atoms with E-state index in [-0.39, 0.29) is 18.0 Å². The second-order valence-corrected chi connectivity index (χ2v) is 10.4. The van der Waals surface area contributed by atoms with E-state index in [1.54, 1.807) is 11.3 Å². The van der Waals surface area contributed by atoms with Gasteiger partial charge in [-0.1, -0.05) is 78.1 Å². The predicted octanol–water partition coefficient (Wildman–Crippen LogP) is 5.05. The molecule has 34 heavy (non-hydrogen) atoms. The molecule has 5 aromatic rings. The number of thiophene rings is 1. The van der Waals surface area contributed by atoms with Gasteiger partial charge in [-0.25, -0.2) is 4.98 Å². The van der Waals surface area contributed by atoms with Crippen LogP contribution in [0.15, 0.2) is 84.5 Å². The van der Waals surface area contributed by atoms with Crippen LogP contribution in [0.4, 0.5) is 0 Å². The molecule has 0 saturated carbocycles. The Morgan fingerprint density at radius 3 is 1.94 bits per heavy atom. The van der Waals surface area contributed by atoms with Crippen LogP contribution in [0.2, 0.25) is 0 Å². The largest absolute Gasteiger partial charge is 0.492 e. The van der Waals surface area contributed by atoms with Crippen molar-refractivity contribution < 1.29 is 5.11 Å². The maximum Gasteiger partial charge on any atom is 0.230 e. The summed E-state index contributed by atoms with van der Waals surface area (Å²) in [5, 5.41) is 17.3. The van der Waals surface area contributed by atoms with Gasteiger partial charge in [0.2, 0.25) is 10.8 Å². The molecule has 1 aliphatic heterocycles. The monoisotopic (exact) mass is 487 g/mol. The number of fused-ring (bicyclic) bond motifs is 1.